The zero-order chi connectivity index (χ0) is 23.3. The zero-order valence-electron chi connectivity index (χ0n) is 17.8. The van der Waals surface area contributed by atoms with E-state index in [1.165, 1.54) is 0 Å². The fraction of sp³-hybridized carbons (Fsp3) is 0.304. The van der Waals surface area contributed by atoms with Crippen molar-refractivity contribution >= 4 is 57.6 Å². The van der Waals surface area contributed by atoms with Crippen molar-refractivity contribution in [2.24, 2.45) is 17.0 Å². The molecule has 170 valence electrons. The summed E-state index contributed by atoms with van der Waals surface area (Å²) in [6, 6.07) is 13.1. The van der Waals surface area contributed by atoms with Gasteiger partial charge in [-0.05, 0) is 60.5 Å². The minimum atomic E-state index is -0.855. The number of carboxylic acids is 1. The first-order valence-electron chi connectivity index (χ1n) is 10.1. The number of benzene rings is 2. The maximum Gasteiger partial charge on any atom is 0.308 e. The lowest BCUT2D eigenvalue weighted by Crippen LogP contribution is -2.25. The first-order valence-corrected chi connectivity index (χ1v) is 12.6. The standard InChI is InChI=1S/C23H25Cl2N3O2S2/c1-13(2)8-20-21(15-6-7-18(24)19(25)11-15)28-23(31-20)27-12-16(22(29)30)9-14-4-3-5-17(10-14)32-26/h3-7,10-11,13,16H,8-9,12,26H2,1-2H3,(H,27,28)(H,29,30). The van der Waals surface area contributed by atoms with E-state index in [2.05, 4.69) is 19.2 Å². The van der Waals surface area contributed by atoms with Gasteiger partial charge in [0.25, 0.3) is 0 Å². The predicted molar refractivity (Wildman–Crippen MR) is 136 cm³/mol. The molecule has 0 aliphatic rings. The van der Waals surface area contributed by atoms with Crippen molar-refractivity contribution in [3.63, 3.8) is 0 Å². The minimum Gasteiger partial charge on any atom is -0.481 e. The molecule has 4 N–H and O–H groups in total. The van der Waals surface area contributed by atoms with Gasteiger partial charge in [-0.3, -0.25) is 9.93 Å². The number of thiazole rings is 1. The number of nitrogens with two attached hydrogens (primary N) is 1. The molecule has 0 aliphatic heterocycles. The van der Waals surface area contributed by atoms with Crippen LogP contribution in [-0.4, -0.2) is 22.6 Å². The summed E-state index contributed by atoms with van der Waals surface area (Å²) in [6.45, 7) is 4.57. The van der Waals surface area contributed by atoms with Crippen molar-refractivity contribution < 1.29 is 9.90 Å². The summed E-state index contributed by atoms with van der Waals surface area (Å²) in [5, 5.41) is 20.3. The van der Waals surface area contributed by atoms with Gasteiger partial charge in [0, 0.05) is 21.9 Å². The smallest absolute Gasteiger partial charge is 0.308 e. The Kier molecular flexibility index (Phi) is 8.85. The third-order valence-electron chi connectivity index (χ3n) is 4.85. The topological polar surface area (TPSA) is 88.2 Å². The van der Waals surface area contributed by atoms with Crippen LogP contribution in [0, 0.1) is 11.8 Å². The maximum absolute atomic E-state index is 11.9. The quantitative estimate of drug-likeness (QED) is 0.265. The van der Waals surface area contributed by atoms with E-state index in [1.807, 2.05) is 36.4 Å². The van der Waals surface area contributed by atoms with Crippen molar-refractivity contribution in [3.05, 3.63) is 63.0 Å². The molecule has 0 saturated heterocycles. The average Bonchev–Trinajstić information content (AvgIpc) is 3.14. The molecule has 0 saturated carbocycles. The minimum absolute atomic E-state index is 0.269. The Labute approximate surface area is 206 Å². The molecule has 32 heavy (non-hydrogen) atoms. The molecule has 0 bridgehead atoms. The molecule has 0 radical (unpaired) electrons. The van der Waals surface area contributed by atoms with E-state index in [0.717, 1.165) is 45.0 Å². The second-order valence-corrected chi connectivity index (χ2v) is 10.5. The highest BCUT2D eigenvalue weighted by Crippen LogP contribution is 2.35. The molecule has 3 aromatic rings. The van der Waals surface area contributed by atoms with Crippen LogP contribution in [0.5, 0.6) is 0 Å². The van der Waals surface area contributed by atoms with E-state index in [4.69, 9.17) is 33.3 Å². The van der Waals surface area contributed by atoms with Crippen LogP contribution >= 0.6 is 46.5 Å². The largest absolute Gasteiger partial charge is 0.481 e. The van der Waals surface area contributed by atoms with E-state index >= 15 is 0 Å². The second-order valence-electron chi connectivity index (χ2n) is 7.90. The molecular formula is C23H25Cl2N3O2S2. The van der Waals surface area contributed by atoms with Gasteiger partial charge in [-0.2, -0.15) is 0 Å². The summed E-state index contributed by atoms with van der Waals surface area (Å²) in [6.07, 6.45) is 1.27. The summed E-state index contributed by atoms with van der Waals surface area (Å²) in [4.78, 5) is 18.7. The fourth-order valence-corrected chi connectivity index (χ4v) is 5.17. The lowest BCUT2D eigenvalue weighted by molar-refractivity contribution is -0.141. The van der Waals surface area contributed by atoms with Crippen LogP contribution in [0.1, 0.15) is 24.3 Å². The molecule has 0 amide bonds. The van der Waals surface area contributed by atoms with Crippen LogP contribution in [0.4, 0.5) is 5.13 Å². The Morgan fingerprint density at radius 3 is 2.62 bits per heavy atom. The summed E-state index contributed by atoms with van der Waals surface area (Å²) < 4.78 is 0. The Morgan fingerprint density at radius 2 is 1.97 bits per heavy atom. The first kappa shape index (κ1) is 24.9. The van der Waals surface area contributed by atoms with Gasteiger partial charge < -0.3 is 10.4 Å². The van der Waals surface area contributed by atoms with Crippen molar-refractivity contribution in [3.8, 4) is 11.3 Å². The van der Waals surface area contributed by atoms with E-state index in [-0.39, 0.29) is 6.54 Å². The molecule has 9 heteroatoms. The average molecular weight is 511 g/mol. The van der Waals surface area contributed by atoms with E-state index in [9.17, 15) is 9.90 Å². The molecule has 0 fully saturated rings. The van der Waals surface area contributed by atoms with Gasteiger partial charge in [0.2, 0.25) is 0 Å². The number of aromatic nitrogens is 1. The van der Waals surface area contributed by atoms with Crippen LogP contribution in [0.2, 0.25) is 10.0 Å². The molecule has 3 rings (SSSR count). The predicted octanol–water partition coefficient (Wildman–Crippen LogP) is 6.64. The normalized spacial score (nSPS) is 12.2. The summed E-state index contributed by atoms with van der Waals surface area (Å²) >= 11 is 15.0. The maximum atomic E-state index is 11.9. The highest BCUT2D eigenvalue weighted by Gasteiger charge is 2.20. The molecule has 5 nitrogen and oxygen atoms in total. The number of rotatable bonds is 10. The number of carbonyl (C=O) groups is 1. The van der Waals surface area contributed by atoms with Crippen LogP contribution < -0.4 is 10.5 Å². The molecular weight excluding hydrogens is 485 g/mol. The van der Waals surface area contributed by atoms with Crippen molar-refractivity contribution in [2.75, 3.05) is 11.9 Å². The van der Waals surface area contributed by atoms with Crippen LogP contribution in [0.25, 0.3) is 11.3 Å². The van der Waals surface area contributed by atoms with E-state index in [0.29, 0.717) is 27.5 Å². The number of carboxylic acid groups (broad SMARTS) is 1. The Morgan fingerprint density at radius 1 is 1.19 bits per heavy atom. The Bertz CT molecular complexity index is 1090. The summed E-state index contributed by atoms with van der Waals surface area (Å²) in [5.41, 5.74) is 2.68. The van der Waals surface area contributed by atoms with Crippen molar-refractivity contribution in [1.82, 2.24) is 4.98 Å². The number of nitrogens with zero attached hydrogens (tertiary/aromatic N) is 1. The molecule has 1 aromatic heterocycles. The number of aliphatic carboxylic acids is 1. The fourth-order valence-electron chi connectivity index (χ4n) is 3.29. The monoisotopic (exact) mass is 509 g/mol. The summed E-state index contributed by atoms with van der Waals surface area (Å²) in [7, 11) is 0. The third-order valence-corrected chi connectivity index (χ3v) is 7.15. The number of hydrogen-bond acceptors (Lipinski definition) is 6. The zero-order valence-corrected chi connectivity index (χ0v) is 20.9. The van der Waals surface area contributed by atoms with Gasteiger partial charge >= 0.3 is 5.97 Å². The molecule has 1 unspecified atom stereocenters. The van der Waals surface area contributed by atoms with E-state index in [1.54, 1.807) is 17.4 Å². The van der Waals surface area contributed by atoms with Crippen LogP contribution in [-0.2, 0) is 17.6 Å². The highest BCUT2D eigenvalue weighted by molar-refractivity contribution is 7.97. The van der Waals surface area contributed by atoms with Gasteiger partial charge in [-0.25, -0.2) is 4.98 Å². The van der Waals surface area contributed by atoms with E-state index < -0.39 is 11.9 Å². The molecule has 1 atom stereocenters. The van der Waals surface area contributed by atoms with Crippen molar-refractivity contribution in [1.29, 1.82) is 0 Å². The molecule has 1 heterocycles. The van der Waals surface area contributed by atoms with Gasteiger partial charge in [-0.15, -0.1) is 11.3 Å². The SMILES string of the molecule is CC(C)Cc1sc(NCC(Cc2cccc(SN)c2)C(=O)O)nc1-c1ccc(Cl)c(Cl)c1. The second kappa shape index (κ2) is 11.4. The van der Waals surface area contributed by atoms with Gasteiger partial charge in [0.1, 0.15) is 0 Å². The van der Waals surface area contributed by atoms with Crippen LogP contribution in [0.3, 0.4) is 0 Å². The summed E-state index contributed by atoms with van der Waals surface area (Å²) in [5.74, 6) is -1.00. The third kappa shape index (κ3) is 6.62. The number of halogens is 2. The Hall–Kier alpha value is -1.77. The lowest BCUT2D eigenvalue weighted by atomic mass is 9.99. The molecule has 0 aliphatic carbocycles. The van der Waals surface area contributed by atoms with Crippen molar-refractivity contribution in [2.45, 2.75) is 31.6 Å². The van der Waals surface area contributed by atoms with Gasteiger partial charge in [-0.1, -0.05) is 55.2 Å². The Balaban J connectivity index is 1.79. The molecule has 0 spiro atoms. The van der Waals surface area contributed by atoms with Crippen LogP contribution in [0.15, 0.2) is 47.4 Å². The first-order chi connectivity index (χ1) is 15.3. The number of anilines is 1. The number of nitrogens with one attached hydrogen (secondary N) is 1. The molecule has 2 aromatic carbocycles. The van der Waals surface area contributed by atoms with Gasteiger partial charge in [0.05, 0.1) is 21.7 Å². The lowest BCUT2D eigenvalue weighted by Gasteiger charge is -2.13. The van der Waals surface area contributed by atoms with Gasteiger partial charge in [0.15, 0.2) is 5.13 Å². The highest BCUT2D eigenvalue weighted by atomic mass is 35.5. The number of hydrogen-bond donors (Lipinski definition) is 3.